The van der Waals surface area contributed by atoms with E-state index in [1.54, 1.807) is 0 Å². The van der Waals surface area contributed by atoms with Crippen LogP contribution in [0.5, 0.6) is 0 Å². The van der Waals surface area contributed by atoms with Crippen molar-refractivity contribution < 1.29 is 13.6 Å². The maximum Gasteiger partial charge on any atom is 0.274 e. The second-order valence-electron chi connectivity index (χ2n) is 5.85. The molecule has 0 saturated carbocycles. The number of anilines is 3. The van der Waals surface area contributed by atoms with Gasteiger partial charge in [-0.3, -0.25) is 4.79 Å². The monoisotopic (exact) mass is 354 g/mol. The third kappa shape index (κ3) is 4.18. The van der Waals surface area contributed by atoms with E-state index in [4.69, 9.17) is 0 Å². The van der Waals surface area contributed by atoms with Crippen molar-refractivity contribution in [3.63, 3.8) is 0 Å². The Hall–Kier alpha value is -3.35. The molecule has 0 bridgehead atoms. The number of hydrogen-bond donors (Lipinski definition) is 2. The molecule has 0 radical (unpaired) electrons. The molecule has 0 spiro atoms. The van der Waals surface area contributed by atoms with E-state index in [1.807, 2.05) is 32.0 Å². The van der Waals surface area contributed by atoms with Crippen LogP contribution in [0, 0.1) is 25.5 Å². The molecule has 0 aliphatic rings. The standard InChI is InChI=1S/C19H16F2N4O/c1-11-7-12(2)9-14(8-11)23-18(26)17-5-6-22-19(25-17)24-13-3-4-15(20)16(21)10-13/h3-10H,1-2H3,(H,23,26)(H,22,24,25). The number of nitrogens with zero attached hydrogens (tertiary/aromatic N) is 2. The molecule has 1 heterocycles. The summed E-state index contributed by atoms with van der Waals surface area (Å²) in [5, 5.41) is 5.52. The zero-order valence-corrected chi connectivity index (χ0v) is 14.2. The van der Waals surface area contributed by atoms with E-state index in [9.17, 15) is 13.6 Å². The fraction of sp³-hybridized carbons (Fsp3) is 0.105. The number of rotatable bonds is 4. The van der Waals surface area contributed by atoms with Gasteiger partial charge < -0.3 is 10.6 Å². The molecule has 1 aromatic heterocycles. The van der Waals surface area contributed by atoms with Crippen molar-refractivity contribution in [2.24, 2.45) is 0 Å². The minimum absolute atomic E-state index is 0.101. The van der Waals surface area contributed by atoms with Crippen molar-refractivity contribution in [2.45, 2.75) is 13.8 Å². The average molecular weight is 354 g/mol. The van der Waals surface area contributed by atoms with Gasteiger partial charge in [0.2, 0.25) is 5.95 Å². The van der Waals surface area contributed by atoms with Crippen molar-refractivity contribution in [3.8, 4) is 0 Å². The van der Waals surface area contributed by atoms with Crippen molar-refractivity contribution in [1.29, 1.82) is 0 Å². The van der Waals surface area contributed by atoms with Gasteiger partial charge in [-0.1, -0.05) is 6.07 Å². The number of benzene rings is 2. The van der Waals surface area contributed by atoms with Crippen LogP contribution in [0.25, 0.3) is 0 Å². The molecular weight excluding hydrogens is 338 g/mol. The lowest BCUT2D eigenvalue weighted by Gasteiger charge is -2.09. The molecule has 3 rings (SSSR count). The van der Waals surface area contributed by atoms with Crippen LogP contribution in [0.4, 0.5) is 26.1 Å². The Balaban J connectivity index is 1.77. The summed E-state index contributed by atoms with van der Waals surface area (Å²) in [7, 11) is 0. The lowest BCUT2D eigenvalue weighted by Crippen LogP contribution is -2.15. The second-order valence-corrected chi connectivity index (χ2v) is 5.85. The van der Waals surface area contributed by atoms with E-state index >= 15 is 0 Å². The largest absolute Gasteiger partial charge is 0.324 e. The summed E-state index contributed by atoms with van der Waals surface area (Å²) in [5.41, 5.74) is 3.15. The van der Waals surface area contributed by atoms with E-state index in [0.29, 0.717) is 5.69 Å². The Bertz CT molecular complexity index is 955. The number of aryl methyl sites for hydroxylation is 2. The first-order valence-corrected chi connectivity index (χ1v) is 7.85. The highest BCUT2D eigenvalue weighted by Gasteiger charge is 2.11. The van der Waals surface area contributed by atoms with Crippen molar-refractivity contribution in [2.75, 3.05) is 10.6 Å². The Kier molecular flexibility index (Phi) is 4.88. The van der Waals surface area contributed by atoms with Crippen LogP contribution in [0.2, 0.25) is 0 Å². The summed E-state index contributed by atoms with van der Waals surface area (Å²) in [6.07, 6.45) is 1.41. The molecule has 2 aromatic carbocycles. The number of halogens is 2. The first kappa shape index (κ1) is 17.5. The van der Waals surface area contributed by atoms with E-state index < -0.39 is 17.5 Å². The van der Waals surface area contributed by atoms with Crippen molar-refractivity contribution >= 4 is 23.2 Å². The maximum absolute atomic E-state index is 13.3. The second kappa shape index (κ2) is 7.26. The van der Waals surface area contributed by atoms with E-state index in [-0.39, 0.29) is 17.3 Å². The highest BCUT2D eigenvalue weighted by molar-refractivity contribution is 6.03. The number of aromatic nitrogens is 2. The molecule has 0 unspecified atom stereocenters. The van der Waals surface area contributed by atoms with Gasteiger partial charge in [-0.2, -0.15) is 0 Å². The van der Waals surface area contributed by atoms with Gasteiger partial charge in [0.1, 0.15) is 5.69 Å². The Morgan fingerprint density at radius 3 is 2.35 bits per heavy atom. The Morgan fingerprint density at radius 1 is 0.923 bits per heavy atom. The first-order chi connectivity index (χ1) is 12.4. The van der Waals surface area contributed by atoms with Crippen molar-refractivity contribution in [3.05, 3.63) is 77.1 Å². The number of amides is 1. The summed E-state index contributed by atoms with van der Waals surface area (Å²) >= 11 is 0. The van der Waals surface area contributed by atoms with Crippen LogP contribution in [-0.2, 0) is 0 Å². The van der Waals surface area contributed by atoms with Gasteiger partial charge >= 0.3 is 0 Å². The van der Waals surface area contributed by atoms with Gasteiger partial charge in [0.15, 0.2) is 11.6 Å². The smallest absolute Gasteiger partial charge is 0.274 e. The van der Waals surface area contributed by atoms with Crippen LogP contribution < -0.4 is 10.6 Å². The maximum atomic E-state index is 13.3. The first-order valence-electron chi connectivity index (χ1n) is 7.85. The number of hydrogen-bond acceptors (Lipinski definition) is 4. The highest BCUT2D eigenvalue weighted by atomic mass is 19.2. The Morgan fingerprint density at radius 2 is 1.65 bits per heavy atom. The molecule has 132 valence electrons. The van der Waals surface area contributed by atoms with Gasteiger partial charge in [-0.15, -0.1) is 0 Å². The molecule has 1 amide bonds. The van der Waals surface area contributed by atoms with Gasteiger partial charge in [-0.25, -0.2) is 18.7 Å². The summed E-state index contributed by atoms with van der Waals surface area (Å²) in [4.78, 5) is 20.5. The normalized spacial score (nSPS) is 10.5. The zero-order chi connectivity index (χ0) is 18.7. The molecule has 5 nitrogen and oxygen atoms in total. The molecule has 7 heteroatoms. The SMILES string of the molecule is Cc1cc(C)cc(NC(=O)c2ccnc(Nc3ccc(F)c(F)c3)n2)c1. The van der Waals surface area contributed by atoms with E-state index in [0.717, 1.165) is 23.3 Å². The summed E-state index contributed by atoms with van der Waals surface area (Å²) < 4.78 is 26.3. The molecule has 0 fully saturated rings. The van der Waals surface area contributed by atoms with E-state index in [2.05, 4.69) is 20.6 Å². The fourth-order valence-corrected chi connectivity index (χ4v) is 2.49. The lowest BCUT2D eigenvalue weighted by atomic mass is 10.1. The van der Waals surface area contributed by atoms with Crippen LogP contribution in [0.1, 0.15) is 21.6 Å². The van der Waals surface area contributed by atoms with Gasteiger partial charge in [0.25, 0.3) is 5.91 Å². The third-order valence-electron chi connectivity index (χ3n) is 3.54. The van der Waals surface area contributed by atoms with Crippen molar-refractivity contribution in [1.82, 2.24) is 9.97 Å². The van der Waals surface area contributed by atoms with Gasteiger partial charge in [0, 0.05) is 23.6 Å². The zero-order valence-electron chi connectivity index (χ0n) is 14.2. The average Bonchev–Trinajstić information content (AvgIpc) is 2.57. The molecule has 0 saturated heterocycles. The topological polar surface area (TPSA) is 66.9 Å². The van der Waals surface area contributed by atoms with Crippen LogP contribution in [0.3, 0.4) is 0 Å². The fourth-order valence-electron chi connectivity index (χ4n) is 2.49. The van der Waals surface area contributed by atoms with E-state index in [1.165, 1.54) is 18.3 Å². The summed E-state index contributed by atoms with van der Waals surface area (Å²) in [6.45, 7) is 3.88. The van der Waals surface area contributed by atoms with Crippen LogP contribution >= 0.6 is 0 Å². The molecular formula is C19H16F2N4O. The number of nitrogens with one attached hydrogen (secondary N) is 2. The third-order valence-corrected chi connectivity index (χ3v) is 3.54. The lowest BCUT2D eigenvalue weighted by molar-refractivity contribution is 0.102. The molecule has 0 atom stereocenters. The van der Waals surface area contributed by atoms with Crippen LogP contribution in [-0.4, -0.2) is 15.9 Å². The molecule has 3 aromatic rings. The molecule has 0 aliphatic carbocycles. The molecule has 2 N–H and O–H groups in total. The number of carbonyl (C=O) groups excluding carboxylic acids is 1. The highest BCUT2D eigenvalue weighted by Crippen LogP contribution is 2.17. The number of carbonyl (C=O) groups is 1. The quantitative estimate of drug-likeness (QED) is 0.730. The minimum Gasteiger partial charge on any atom is -0.324 e. The van der Waals surface area contributed by atoms with Gasteiger partial charge in [-0.05, 0) is 55.3 Å². The molecule has 0 aliphatic heterocycles. The minimum atomic E-state index is -0.987. The Labute approximate surface area is 149 Å². The van der Waals surface area contributed by atoms with Gasteiger partial charge in [0.05, 0.1) is 0 Å². The predicted octanol–water partition coefficient (Wildman–Crippen LogP) is 4.37. The molecule has 26 heavy (non-hydrogen) atoms. The van der Waals surface area contributed by atoms with Crippen LogP contribution in [0.15, 0.2) is 48.7 Å². The summed E-state index contributed by atoms with van der Waals surface area (Å²) in [6, 6.07) is 10.5. The predicted molar refractivity (Wildman–Crippen MR) is 95.5 cm³/mol. The summed E-state index contributed by atoms with van der Waals surface area (Å²) in [5.74, 6) is -2.23.